The standard InChI is InChI=1S/C49H69N9O17S/c1-48(2,19-20-49(3,4)58-36(59)17-15-30(44(69)70)56-47(75)57-31(45(71)72)16-18-38(61)62)24-37(60)52-33(22-28-13-9-6-10-14-28)42(67)54-32(21-27-11-7-5-8-12-27)41(66)51-25-29(50)40(65)53-34(23-39(63)64)43(68)55-35(26-76)46(73)74/h5-14,29-35,76H,15-26,50H2,1-4H3,(H,51,66)(H,52,60)(H,53,65)(H,54,67)(H,55,68)(H,58,59)(H,61,62)(H,63,64)(H,69,70)(H,71,72)(H,73,74)(H2,56,57,75). The minimum Gasteiger partial charge on any atom is -0.481 e. The molecule has 15 N–H and O–H groups in total. The van der Waals surface area contributed by atoms with Gasteiger partial charge in [0.2, 0.25) is 35.4 Å². The lowest BCUT2D eigenvalue weighted by Crippen LogP contribution is -2.58. The Kier molecular flexibility index (Phi) is 26.4. The molecular formula is C49H69N9O17S. The van der Waals surface area contributed by atoms with E-state index in [1.165, 1.54) is 0 Å². The quantitative estimate of drug-likeness (QED) is 0.0385. The third-order valence-corrected chi connectivity index (χ3v) is 11.9. The first-order chi connectivity index (χ1) is 35.5. The zero-order valence-electron chi connectivity index (χ0n) is 42.5. The Morgan fingerprint density at radius 3 is 1.46 bits per heavy atom. The summed E-state index contributed by atoms with van der Waals surface area (Å²) in [6.45, 7) is 6.44. The molecule has 7 unspecified atom stereocenters. The summed E-state index contributed by atoms with van der Waals surface area (Å²) in [7, 11) is 0. The van der Waals surface area contributed by atoms with Crippen LogP contribution in [0.2, 0.25) is 0 Å². The summed E-state index contributed by atoms with van der Waals surface area (Å²) in [5, 5.41) is 65.6. The van der Waals surface area contributed by atoms with Crippen LogP contribution in [0.4, 0.5) is 4.79 Å². The van der Waals surface area contributed by atoms with Gasteiger partial charge in [-0.25, -0.2) is 19.2 Å². The summed E-state index contributed by atoms with van der Waals surface area (Å²) in [6, 6.07) is 5.49. The second-order valence-electron chi connectivity index (χ2n) is 19.3. The lowest BCUT2D eigenvalue weighted by atomic mass is 9.80. The first-order valence-electron chi connectivity index (χ1n) is 23.9. The van der Waals surface area contributed by atoms with Crippen LogP contribution in [0.1, 0.15) is 90.2 Å². The SMILES string of the molecule is CC(C)(CCC(C)(C)NC(=O)CCC(NC(=O)NC(CCC(=O)O)C(=O)O)C(=O)O)CC(=O)NC(Cc1ccccc1)C(=O)NC(Cc1ccccc1)C(=O)NCC(N)C(=O)NC(CC(=O)O)C(=O)NC(CS)C(=O)O. The van der Waals surface area contributed by atoms with E-state index in [1.807, 2.05) is 5.32 Å². The van der Waals surface area contributed by atoms with Gasteiger partial charge in [-0.1, -0.05) is 74.5 Å². The van der Waals surface area contributed by atoms with Crippen molar-refractivity contribution in [2.45, 2.75) is 140 Å². The Hall–Kier alpha value is -7.81. The van der Waals surface area contributed by atoms with Crippen LogP contribution < -0.4 is 48.3 Å². The average Bonchev–Trinajstić information content (AvgIpc) is 3.33. The van der Waals surface area contributed by atoms with E-state index in [4.69, 9.17) is 10.8 Å². The molecule has 0 fully saturated rings. The Labute approximate surface area is 443 Å². The van der Waals surface area contributed by atoms with Gasteiger partial charge in [0.15, 0.2) is 0 Å². The molecule has 0 aliphatic rings. The van der Waals surface area contributed by atoms with Crippen molar-refractivity contribution in [3.63, 3.8) is 0 Å². The average molecular weight is 1090 g/mol. The van der Waals surface area contributed by atoms with Gasteiger partial charge in [-0.05, 0) is 56.1 Å². The molecule has 8 amide bonds. The number of hydrogen-bond acceptors (Lipinski definition) is 14. The highest BCUT2D eigenvalue weighted by Gasteiger charge is 2.34. The van der Waals surface area contributed by atoms with Crippen molar-refractivity contribution in [1.29, 1.82) is 0 Å². The first-order valence-corrected chi connectivity index (χ1v) is 24.6. The Bertz CT molecular complexity index is 2380. The van der Waals surface area contributed by atoms with Crippen molar-refractivity contribution < 1.29 is 83.1 Å². The van der Waals surface area contributed by atoms with Crippen LogP contribution in [-0.2, 0) is 65.6 Å². The van der Waals surface area contributed by atoms with Crippen LogP contribution in [0.15, 0.2) is 60.7 Å². The summed E-state index contributed by atoms with van der Waals surface area (Å²) >= 11 is 3.85. The zero-order chi connectivity index (χ0) is 57.3. The summed E-state index contributed by atoms with van der Waals surface area (Å²) in [6.07, 6.45) is -2.25. The molecule has 0 aliphatic carbocycles. The number of carbonyl (C=O) groups excluding carboxylic acids is 7. The lowest BCUT2D eigenvalue weighted by molar-refractivity contribution is -0.143. The fraction of sp³-hybridized carbons (Fsp3) is 0.510. The number of benzene rings is 2. The molecule has 2 aromatic carbocycles. The highest BCUT2D eigenvalue weighted by atomic mass is 32.1. The molecule has 0 spiro atoms. The number of carbonyl (C=O) groups is 12. The number of nitrogens with two attached hydrogens (primary N) is 1. The summed E-state index contributed by atoms with van der Waals surface area (Å²) in [5.41, 5.74) is 5.67. The van der Waals surface area contributed by atoms with Gasteiger partial charge in [-0.2, -0.15) is 12.6 Å². The second-order valence-corrected chi connectivity index (χ2v) is 19.7. The van der Waals surface area contributed by atoms with E-state index in [-0.39, 0.29) is 37.9 Å². The fourth-order valence-electron chi connectivity index (χ4n) is 7.28. The fourth-order valence-corrected chi connectivity index (χ4v) is 7.52. The van der Waals surface area contributed by atoms with Crippen molar-refractivity contribution in [3.8, 4) is 0 Å². The van der Waals surface area contributed by atoms with Crippen molar-refractivity contribution in [3.05, 3.63) is 71.8 Å². The van der Waals surface area contributed by atoms with E-state index in [0.717, 1.165) is 0 Å². The Morgan fingerprint density at radius 2 is 0.987 bits per heavy atom. The number of aliphatic carboxylic acids is 5. The number of rotatable bonds is 34. The van der Waals surface area contributed by atoms with Gasteiger partial charge >= 0.3 is 35.9 Å². The molecule has 0 bridgehead atoms. The van der Waals surface area contributed by atoms with E-state index >= 15 is 0 Å². The molecule has 26 nitrogen and oxygen atoms in total. The molecule has 27 heteroatoms. The maximum absolute atomic E-state index is 14.2. The lowest BCUT2D eigenvalue weighted by Gasteiger charge is -2.32. The van der Waals surface area contributed by atoms with Crippen molar-refractivity contribution in [1.82, 2.24) is 42.5 Å². The smallest absolute Gasteiger partial charge is 0.327 e. The monoisotopic (exact) mass is 1090 g/mol. The maximum atomic E-state index is 14.2. The first kappa shape index (κ1) is 64.3. The van der Waals surface area contributed by atoms with E-state index < -0.39 is 150 Å². The normalized spacial score (nSPS) is 14.0. The second kappa shape index (κ2) is 31.2. The molecule has 0 aromatic heterocycles. The van der Waals surface area contributed by atoms with E-state index in [9.17, 15) is 78.0 Å². The molecule has 0 heterocycles. The molecular weight excluding hydrogens is 1020 g/mol. The predicted octanol–water partition coefficient (Wildman–Crippen LogP) is -0.715. The van der Waals surface area contributed by atoms with Gasteiger partial charge in [-0.3, -0.25) is 38.4 Å². The van der Waals surface area contributed by atoms with Gasteiger partial charge in [0.25, 0.3) is 0 Å². The largest absolute Gasteiger partial charge is 0.481 e. The summed E-state index contributed by atoms with van der Waals surface area (Å²) < 4.78 is 0. The van der Waals surface area contributed by atoms with E-state index in [1.54, 1.807) is 88.4 Å². The number of carboxylic acid groups (broad SMARTS) is 5. The summed E-state index contributed by atoms with van der Waals surface area (Å²) in [4.78, 5) is 150. The Balaban J connectivity index is 2.16. The molecule has 418 valence electrons. The van der Waals surface area contributed by atoms with Crippen molar-refractivity contribution in [2.75, 3.05) is 12.3 Å². The number of carboxylic acids is 5. The van der Waals surface area contributed by atoms with Crippen molar-refractivity contribution >= 4 is 83.9 Å². The van der Waals surface area contributed by atoms with E-state index in [2.05, 4.69) is 49.8 Å². The number of nitrogens with one attached hydrogen (secondary N) is 8. The minimum atomic E-state index is -1.75. The van der Waals surface area contributed by atoms with Crippen LogP contribution in [0.5, 0.6) is 0 Å². The van der Waals surface area contributed by atoms with Gasteiger partial charge in [0, 0.05) is 49.9 Å². The molecule has 2 rings (SSSR count). The molecule has 2 aromatic rings. The Morgan fingerprint density at radius 1 is 0.526 bits per heavy atom. The van der Waals surface area contributed by atoms with Crippen LogP contribution in [0.25, 0.3) is 0 Å². The van der Waals surface area contributed by atoms with Gasteiger partial charge in [-0.15, -0.1) is 0 Å². The van der Waals surface area contributed by atoms with Gasteiger partial charge in [0.1, 0.15) is 42.3 Å². The topological polar surface area (TPSA) is 428 Å². The van der Waals surface area contributed by atoms with Crippen LogP contribution in [-0.4, -0.2) is 157 Å². The van der Waals surface area contributed by atoms with E-state index in [0.29, 0.717) is 24.0 Å². The highest BCUT2D eigenvalue weighted by Crippen LogP contribution is 2.30. The van der Waals surface area contributed by atoms with Crippen LogP contribution in [0, 0.1) is 5.41 Å². The van der Waals surface area contributed by atoms with Gasteiger partial charge < -0.3 is 73.8 Å². The van der Waals surface area contributed by atoms with Crippen molar-refractivity contribution in [2.24, 2.45) is 11.1 Å². The third kappa shape index (κ3) is 24.9. The zero-order valence-corrected chi connectivity index (χ0v) is 43.4. The number of hydrogen-bond donors (Lipinski definition) is 15. The summed E-state index contributed by atoms with van der Waals surface area (Å²) in [5.74, 6) is -12.5. The maximum Gasteiger partial charge on any atom is 0.327 e. The molecule has 0 aliphatic heterocycles. The third-order valence-electron chi connectivity index (χ3n) is 11.5. The molecule has 76 heavy (non-hydrogen) atoms. The predicted molar refractivity (Wildman–Crippen MR) is 273 cm³/mol. The minimum absolute atomic E-state index is 0.00646. The molecule has 0 saturated heterocycles. The number of amides is 8. The number of thiol groups is 1. The molecule has 0 radical (unpaired) electrons. The molecule has 0 saturated carbocycles. The molecule has 7 atom stereocenters. The van der Waals surface area contributed by atoms with Crippen LogP contribution in [0.3, 0.4) is 0 Å². The number of urea groups is 1. The highest BCUT2D eigenvalue weighted by molar-refractivity contribution is 7.80. The van der Waals surface area contributed by atoms with Crippen LogP contribution >= 0.6 is 12.6 Å². The van der Waals surface area contributed by atoms with Gasteiger partial charge in [0.05, 0.1) is 6.42 Å².